The Hall–Kier alpha value is -2.47. The first-order valence-corrected chi connectivity index (χ1v) is 15.1. The maximum atomic E-state index is 9.40. The molecule has 0 aliphatic carbocycles. The fourth-order valence-electron chi connectivity index (χ4n) is 4.33. The Morgan fingerprint density at radius 1 is 1.28 bits per heavy atom. The molecule has 3 aromatic rings. The zero-order chi connectivity index (χ0) is 22.7. The number of ether oxygens (including phenoxy) is 2. The summed E-state index contributed by atoms with van der Waals surface area (Å²) >= 11 is 0. The maximum absolute atomic E-state index is 9.40. The summed E-state index contributed by atoms with van der Waals surface area (Å²) in [5.74, 6) is 1.33. The number of piperidine rings is 1. The van der Waals surface area contributed by atoms with Gasteiger partial charge in [-0.2, -0.15) is 5.26 Å². The van der Waals surface area contributed by atoms with E-state index in [0.717, 1.165) is 53.4 Å². The van der Waals surface area contributed by atoms with Crippen LogP contribution >= 0.6 is 0 Å². The Balaban J connectivity index is 1.65. The van der Waals surface area contributed by atoms with Gasteiger partial charge in [-0.3, -0.25) is 4.57 Å². The van der Waals surface area contributed by atoms with Crippen molar-refractivity contribution >= 4 is 30.0 Å². The first kappa shape index (κ1) is 22.7. The normalized spacial score (nSPS) is 17.7. The second-order valence-electron chi connectivity index (χ2n) is 10.1. The van der Waals surface area contributed by atoms with Crippen LogP contribution < -0.4 is 4.74 Å². The molecule has 1 aliphatic rings. The minimum Gasteiger partial charge on any atom is -0.492 e. The number of aromatic nitrogens is 3. The van der Waals surface area contributed by atoms with Crippen LogP contribution in [0.25, 0.3) is 21.9 Å². The van der Waals surface area contributed by atoms with Crippen molar-refractivity contribution in [1.82, 2.24) is 19.4 Å². The zero-order valence-corrected chi connectivity index (χ0v) is 20.6. The summed E-state index contributed by atoms with van der Waals surface area (Å²) in [7, 11) is 1.01. The summed E-state index contributed by atoms with van der Waals surface area (Å²) in [5.41, 5.74) is 2.11. The molecule has 0 amide bonds. The standard InChI is InChI=1S/C24H33N5O2Si/c1-28-9-5-6-18(15-28)16-31-22-7-8-26-24-23(22)20-12-19(13-25)27-14-21(20)29(24)17-30-10-11-32(2,3)4/h7-8,12,14,18H,5-6,9-11,15-17H2,1-4H3/t18-/m1/s1. The second-order valence-corrected chi connectivity index (χ2v) is 15.7. The van der Waals surface area contributed by atoms with Crippen molar-refractivity contribution in [2.24, 2.45) is 5.92 Å². The molecule has 0 bridgehead atoms. The van der Waals surface area contributed by atoms with Gasteiger partial charge in [0.1, 0.15) is 29.9 Å². The molecule has 1 fully saturated rings. The Morgan fingerprint density at radius 3 is 2.88 bits per heavy atom. The number of fused-ring (bicyclic) bond motifs is 3. The highest BCUT2D eigenvalue weighted by atomic mass is 28.3. The smallest absolute Gasteiger partial charge is 0.146 e. The van der Waals surface area contributed by atoms with E-state index in [0.29, 0.717) is 24.9 Å². The summed E-state index contributed by atoms with van der Waals surface area (Å²) in [4.78, 5) is 11.3. The van der Waals surface area contributed by atoms with E-state index in [1.807, 2.05) is 16.7 Å². The summed E-state index contributed by atoms with van der Waals surface area (Å²) in [5, 5.41) is 11.3. The van der Waals surface area contributed by atoms with E-state index in [-0.39, 0.29) is 0 Å². The van der Waals surface area contributed by atoms with Gasteiger partial charge >= 0.3 is 0 Å². The quantitative estimate of drug-likeness (QED) is 0.371. The number of hydrogen-bond acceptors (Lipinski definition) is 6. The largest absolute Gasteiger partial charge is 0.492 e. The summed E-state index contributed by atoms with van der Waals surface area (Å²) in [6.45, 7) is 11.1. The number of likely N-dealkylation sites (tertiary alicyclic amines) is 1. The SMILES string of the molecule is CN1CCC[C@@H](COc2ccnc3c2c2cc(C#N)ncc2n3COCC[Si](C)(C)C)C1. The van der Waals surface area contributed by atoms with Crippen LogP contribution in [0.5, 0.6) is 5.75 Å². The van der Waals surface area contributed by atoms with Gasteiger partial charge in [0.2, 0.25) is 0 Å². The van der Waals surface area contributed by atoms with Crippen LogP contribution in [-0.2, 0) is 11.5 Å². The van der Waals surface area contributed by atoms with Gasteiger partial charge in [-0.25, -0.2) is 9.97 Å². The molecule has 32 heavy (non-hydrogen) atoms. The molecule has 4 rings (SSSR count). The lowest BCUT2D eigenvalue weighted by Gasteiger charge is -2.29. The number of rotatable bonds is 8. The predicted molar refractivity (Wildman–Crippen MR) is 130 cm³/mol. The molecule has 0 saturated carbocycles. The van der Waals surface area contributed by atoms with E-state index in [4.69, 9.17) is 9.47 Å². The number of nitrogens with zero attached hydrogens (tertiary/aromatic N) is 5. The third-order valence-corrected chi connectivity index (χ3v) is 7.82. The van der Waals surface area contributed by atoms with Crippen LogP contribution in [0.4, 0.5) is 0 Å². The van der Waals surface area contributed by atoms with Crippen LogP contribution in [0, 0.1) is 17.2 Å². The Labute approximate surface area is 191 Å². The van der Waals surface area contributed by atoms with E-state index in [2.05, 4.69) is 47.6 Å². The van der Waals surface area contributed by atoms with Gasteiger partial charge in [-0.15, -0.1) is 0 Å². The van der Waals surface area contributed by atoms with Crippen molar-refractivity contribution in [3.05, 3.63) is 30.2 Å². The third-order valence-electron chi connectivity index (χ3n) is 6.12. The van der Waals surface area contributed by atoms with Crippen LogP contribution in [-0.4, -0.2) is 60.9 Å². The van der Waals surface area contributed by atoms with Gasteiger partial charge < -0.3 is 14.4 Å². The number of nitriles is 1. The number of hydrogen-bond donors (Lipinski definition) is 0. The molecular weight excluding hydrogens is 418 g/mol. The monoisotopic (exact) mass is 451 g/mol. The fraction of sp³-hybridized carbons (Fsp3) is 0.542. The predicted octanol–water partition coefficient (Wildman–Crippen LogP) is 4.49. The lowest BCUT2D eigenvalue weighted by molar-refractivity contribution is 0.0925. The van der Waals surface area contributed by atoms with E-state index in [1.54, 1.807) is 12.4 Å². The molecule has 0 radical (unpaired) electrons. The summed E-state index contributed by atoms with van der Waals surface area (Å²) < 4.78 is 14.5. The molecule has 0 aromatic carbocycles. The van der Waals surface area contributed by atoms with E-state index >= 15 is 0 Å². The summed E-state index contributed by atoms with van der Waals surface area (Å²) in [6.07, 6.45) is 5.94. The zero-order valence-electron chi connectivity index (χ0n) is 19.6. The second kappa shape index (κ2) is 9.57. The van der Waals surface area contributed by atoms with Crippen LogP contribution in [0.2, 0.25) is 25.7 Å². The minimum absolute atomic E-state index is 0.389. The van der Waals surface area contributed by atoms with Gasteiger partial charge in [-0.1, -0.05) is 19.6 Å². The lowest BCUT2D eigenvalue weighted by atomic mass is 9.99. The van der Waals surface area contributed by atoms with Gasteiger partial charge in [0.05, 0.1) is 23.7 Å². The highest BCUT2D eigenvalue weighted by molar-refractivity contribution is 6.76. The van der Waals surface area contributed by atoms with Crippen molar-refractivity contribution in [3.63, 3.8) is 0 Å². The topological polar surface area (TPSA) is 76.2 Å². The highest BCUT2D eigenvalue weighted by Crippen LogP contribution is 2.35. The van der Waals surface area contributed by atoms with E-state index in [1.165, 1.54) is 12.8 Å². The third kappa shape index (κ3) is 5.12. The van der Waals surface area contributed by atoms with Crippen LogP contribution in [0.3, 0.4) is 0 Å². The molecule has 3 aromatic heterocycles. The average Bonchev–Trinajstić information content (AvgIpc) is 3.08. The Bertz CT molecular complexity index is 1130. The molecule has 0 spiro atoms. The summed E-state index contributed by atoms with van der Waals surface area (Å²) in [6, 6.07) is 7.03. The van der Waals surface area contributed by atoms with E-state index in [9.17, 15) is 5.26 Å². The molecule has 1 saturated heterocycles. The van der Waals surface area contributed by atoms with Crippen molar-refractivity contribution in [3.8, 4) is 11.8 Å². The van der Waals surface area contributed by atoms with Gasteiger partial charge in [-0.05, 0) is 44.6 Å². The molecule has 0 N–H and O–H groups in total. The number of pyridine rings is 2. The highest BCUT2D eigenvalue weighted by Gasteiger charge is 2.21. The molecular formula is C24H33N5O2Si. The molecule has 0 unspecified atom stereocenters. The van der Waals surface area contributed by atoms with Gasteiger partial charge in [0, 0.05) is 38.7 Å². The lowest BCUT2D eigenvalue weighted by Crippen LogP contribution is -2.34. The van der Waals surface area contributed by atoms with Crippen molar-refractivity contribution in [1.29, 1.82) is 5.26 Å². The van der Waals surface area contributed by atoms with E-state index < -0.39 is 8.07 Å². The van der Waals surface area contributed by atoms with Crippen molar-refractivity contribution in [2.75, 3.05) is 33.4 Å². The average molecular weight is 452 g/mol. The molecule has 1 aliphatic heterocycles. The fourth-order valence-corrected chi connectivity index (χ4v) is 5.09. The minimum atomic E-state index is -1.16. The molecule has 1 atom stereocenters. The van der Waals surface area contributed by atoms with Crippen molar-refractivity contribution < 1.29 is 9.47 Å². The molecule has 7 nitrogen and oxygen atoms in total. The first-order valence-electron chi connectivity index (χ1n) is 11.4. The Morgan fingerprint density at radius 2 is 2.12 bits per heavy atom. The maximum Gasteiger partial charge on any atom is 0.146 e. The van der Waals surface area contributed by atoms with Crippen LogP contribution in [0.1, 0.15) is 18.5 Å². The first-order chi connectivity index (χ1) is 15.4. The van der Waals surface area contributed by atoms with Crippen molar-refractivity contribution in [2.45, 2.75) is 45.3 Å². The molecule has 170 valence electrons. The molecule has 8 heteroatoms. The molecule has 4 heterocycles. The van der Waals surface area contributed by atoms with Crippen LogP contribution in [0.15, 0.2) is 24.5 Å². The van der Waals surface area contributed by atoms with Gasteiger partial charge in [0.15, 0.2) is 0 Å². The Kier molecular flexibility index (Phi) is 6.79. The van der Waals surface area contributed by atoms with Gasteiger partial charge in [0.25, 0.3) is 0 Å².